The minimum atomic E-state index is -3.36. The zero-order valence-corrected chi connectivity index (χ0v) is 21.4. The molecule has 0 aliphatic carbocycles. The zero-order valence-electron chi connectivity index (χ0n) is 18.3. The van der Waals surface area contributed by atoms with Gasteiger partial charge in [-0.3, -0.25) is 4.99 Å². The van der Waals surface area contributed by atoms with Crippen molar-refractivity contribution in [1.29, 1.82) is 0 Å². The Labute approximate surface area is 203 Å². The Morgan fingerprint density at radius 2 is 2.03 bits per heavy atom. The first-order chi connectivity index (χ1) is 14.6. The Morgan fingerprint density at radius 1 is 1.23 bits per heavy atom. The number of para-hydroxylation sites is 1. The number of aliphatic imine (C=N–C) groups is 1. The summed E-state index contributed by atoms with van der Waals surface area (Å²) in [5.41, 5.74) is 1.22. The van der Waals surface area contributed by atoms with Gasteiger partial charge in [-0.25, -0.2) is 13.1 Å². The molecule has 2 aliphatic rings. The van der Waals surface area contributed by atoms with Crippen molar-refractivity contribution in [1.82, 2.24) is 15.4 Å². The molecule has 0 bridgehead atoms. The normalized spacial score (nSPS) is 22.1. The van der Waals surface area contributed by atoms with Gasteiger partial charge in [-0.15, -0.1) is 24.0 Å². The minimum Gasteiger partial charge on any atom is -0.377 e. The maximum absolute atomic E-state index is 12.3. The first-order valence-electron chi connectivity index (χ1n) is 11.0. The molecule has 31 heavy (non-hydrogen) atoms. The molecule has 8 nitrogen and oxygen atoms in total. The summed E-state index contributed by atoms with van der Waals surface area (Å²) in [5, 5.41) is 6.67. The predicted octanol–water partition coefficient (Wildman–Crippen LogP) is 1.93. The maximum Gasteiger partial charge on any atom is 0.213 e. The van der Waals surface area contributed by atoms with Gasteiger partial charge >= 0.3 is 0 Å². The molecule has 0 aromatic heterocycles. The van der Waals surface area contributed by atoms with Gasteiger partial charge in [0.05, 0.1) is 18.4 Å². The fourth-order valence-electron chi connectivity index (χ4n) is 3.80. The van der Waals surface area contributed by atoms with E-state index in [4.69, 9.17) is 4.74 Å². The van der Waals surface area contributed by atoms with Gasteiger partial charge in [0.2, 0.25) is 10.0 Å². The maximum atomic E-state index is 12.3. The van der Waals surface area contributed by atoms with Crippen molar-refractivity contribution in [2.45, 2.75) is 44.8 Å². The lowest BCUT2D eigenvalue weighted by Gasteiger charge is -2.22. The van der Waals surface area contributed by atoms with Crippen molar-refractivity contribution in [3.8, 4) is 0 Å². The molecule has 0 spiro atoms. The highest BCUT2D eigenvalue weighted by molar-refractivity contribution is 14.0. The molecular weight excluding hydrogens is 529 g/mol. The Bertz CT molecular complexity index is 772. The van der Waals surface area contributed by atoms with Crippen LogP contribution < -0.4 is 20.3 Å². The van der Waals surface area contributed by atoms with Crippen LogP contribution in [0.1, 0.15) is 32.6 Å². The van der Waals surface area contributed by atoms with Gasteiger partial charge in [-0.05, 0) is 44.7 Å². The quantitative estimate of drug-likeness (QED) is 0.241. The lowest BCUT2D eigenvalue weighted by atomic mass is 10.1. The van der Waals surface area contributed by atoms with Crippen molar-refractivity contribution < 1.29 is 13.2 Å². The van der Waals surface area contributed by atoms with Crippen LogP contribution in [0.5, 0.6) is 0 Å². The van der Waals surface area contributed by atoms with Gasteiger partial charge in [0.15, 0.2) is 5.96 Å². The van der Waals surface area contributed by atoms with E-state index >= 15 is 0 Å². The molecule has 2 aliphatic heterocycles. The van der Waals surface area contributed by atoms with Crippen molar-refractivity contribution in [3.63, 3.8) is 0 Å². The van der Waals surface area contributed by atoms with E-state index in [0.29, 0.717) is 12.5 Å². The second kappa shape index (κ2) is 13.4. The third-order valence-electron chi connectivity index (χ3n) is 5.43. The Hall–Kier alpha value is -1.11. The molecule has 2 unspecified atom stereocenters. The van der Waals surface area contributed by atoms with Crippen LogP contribution in [0, 0.1) is 0 Å². The summed E-state index contributed by atoms with van der Waals surface area (Å²) in [4.78, 5) is 6.83. The van der Waals surface area contributed by atoms with Crippen LogP contribution in [0.3, 0.4) is 0 Å². The van der Waals surface area contributed by atoms with E-state index in [1.54, 1.807) is 0 Å². The predicted molar refractivity (Wildman–Crippen MR) is 137 cm³/mol. The smallest absolute Gasteiger partial charge is 0.213 e. The van der Waals surface area contributed by atoms with Crippen LogP contribution >= 0.6 is 24.0 Å². The highest BCUT2D eigenvalue weighted by Gasteiger charge is 2.23. The fourth-order valence-corrected chi connectivity index (χ4v) is 4.72. The van der Waals surface area contributed by atoms with Crippen molar-refractivity contribution in [2.75, 3.05) is 50.0 Å². The molecule has 0 saturated carbocycles. The summed E-state index contributed by atoms with van der Waals surface area (Å²) >= 11 is 0. The highest BCUT2D eigenvalue weighted by Crippen LogP contribution is 2.19. The van der Waals surface area contributed by atoms with Crippen LogP contribution in [-0.2, 0) is 14.8 Å². The summed E-state index contributed by atoms with van der Waals surface area (Å²) < 4.78 is 32.8. The van der Waals surface area contributed by atoms with E-state index in [-0.39, 0.29) is 48.4 Å². The summed E-state index contributed by atoms with van der Waals surface area (Å²) in [5.74, 6) is 0.639. The van der Waals surface area contributed by atoms with Gasteiger partial charge in [0.1, 0.15) is 0 Å². The summed E-state index contributed by atoms with van der Waals surface area (Å²) in [7, 11) is -3.36. The fraction of sp³-hybridized carbons (Fsp3) is 0.667. The molecule has 10 heteroatoms. The van der Waals surface area contributed by atoms with E-state index in [1.165, 1.54) is 5.69 Å². The third kappa shape index (κ3) is 9.11. The van der Waals surface area contributed by atoms with E-state index in [1.807, 2.05) is 13.0 Å². The zero-order chi connectivity index (χ0) is 21.2. The Balaban J connectivity index is 0.00000341. The molecule has 1 aromatic rings. The first kappa shape index (κ1) is 26.1. The minimum absolute atomic E-state index is 0. The van der Waals surface area contributed by atoms with Gasteiger partial charge in [0, 0.05) is 44.5 Å². The molecule has 2 fully saturated rings. The Morgan fingerprint density at radius 3 is 2.74 bits per heavy atom. The number of nitrogens with zero attached hydrogens (tertiary/aromatic N) is 2. The molecule has 2 atom stereocenters. The van der Waals surface area contributed by atoms with Crippen LogP contribution in [-0.4, -0.2) is 71.6 Å². The standard InChI is InChI=1S/C21H35N5O3S.HI/c1-2-22-21(25-18-11-13-26(17-18)19-8-4-3-5-9-19)23-12-15-30(27,28)24-16-20-10-6-7-14-29-20;/h3-5,8-9,18,20,24H,2,6-7,10-17H2,1H3,(H2,22,23,25);1H. The molecule has 3 N–H and O–H groups in total. The summed E-state index contributed by atoms with van der Waals surface area (Å²) in [6, 6.07) is 10.7. The van der Waals surface area contributed by atoms with Crippen LogP contribution in [0.4, 0.5) is 5.69 Å². The van der Waals surface area contributed by atoms with Gasteiger partial charge in [0.25, 0.3) is 0 Å². The molecular formula is C21H36IN5O3S. The molecule has 176 valence electrons. The molecule has 3 rings (SSSR count). The average molecular weight is 566 g/mol. The molecule has 0 radical (unpaired) electrons. The molecule has 2 heterocycles. The number of sulfonamides is 1. The lowest BCUT2D eigenvalue weighted by Crippen LogP contribution is -2.45. The van der Waals surface area contributed by atoms with E-state index in [9.17, 15) is 8.42 Å². The number of rotatable bonds is 9. The van der Waals surface area contributed by atoms with Gasteiger partial charge in [-0.1, -0.05) is 18.2 Å². The second-order valence-corrected chi connectivity index (χ2v) is 9.75. The summed E-state index contributed by atoms with van der Waals surface area (Å²) in [6.45, 7) is 5.90. The topological polar surface area (TPSA) is 95.1 Å². The first-order valence-corrected chi connectivity index (χ1v) is 12.6. The Kier molecular flexibility index (Phi) is 11.3. The number of halogens is 1. The van der Waals surface area contributed by atoms with Gasteiger partial charge < -0.3 is 20.3 Å². The number of guanidine groups is 1. The van der Waals surface area contributed by atoms with E-state index in [0.717, 1.165) is 51.9 Å². The molecule has 1 aromatic carbocycles. The largest absolute Gasteiger partial charge is 0.377 e. The monoisotopic (exact) mass is 565 g/mol. The number of ether oxygens (including phenoxy) is 1. The van der Waals surface area contributed by atoms with Crippen molar-refractivity contribution >= 4 is 45.6 Å². The average Bonchev–Trinajstić information content (AvgIpc) is 3.22. The number of hydrogen-bond acceptors (Lipinski definition) is 5. The number of hydrogen-bond donors (Lipinski definition) is 3. The summed E-state index contributed by atoms with van der Waals surface area (Å²) in [6.07, 6.45) is 4.07. The lowest BCUT2D eigenvalue weighted by molar-refractivity contribution is 0.0200. The van der Waals surface area contributed by atoms with Gasteiger partial charge in [-0.2, -0.15) is 0 Å². The van der Waals surface area contributed by atoms with E-state index < -0.39 is 10.0 Å². The number of anilines is 1. The van der Waals surface area contributed by atoms with Crippen LogP contribution in [0.2, 0.25) is 0 Å². The molecule has 0 amide bonds. The van der Waals surface area contributed by atoms with Crippen LogP contribution in [0.25, 0.3) is 0 Å². The van der Waals surface area contributed by atoms with Crippen molar-refractivity contribution in [3.05, 3.63) is 30.3 Å². The number of benzene rings is 1. The second-order valence-electron chi connectivity index (χ2n) is 7.83. The third-order valence-corrected chi connectivity index (χ3v) is 6.76. The molecule has 2 saturated heterocycles. The van der Waals surface area contributed by atoms with Crippen molar-refractivity contribution in [2.24, 2.45) is 4.99 Å². The van der Waals surface area contributed by atoms with Crippen LogP contribution in [0.15, 0.2) is 35.3 Å². The highest BCUT2D eigenvalue weighted by atomic mass is 127. The number of nitrogens with one attached hydrogen (secondary N) is 3. The SMILES string of the molecule is CCNC(=NCCS(=O)(=O)NCC1CCCCO1)NC1CCN(c2ccccc2)C1.I. The van der Waals surface area contributed by atoms with E-state index in [2.05, 4.69) is 49.5 Å².